The molecule has 142 valence electrons. The largest absolute Gasteiger partial charge is 0.482 e. The highest BCUT2D eigenvalue weighted by Gasteiger charge is 2.20. The summed E-state index contributed by atoms with van der Waals surface area (Å²) in [6, 6.07) is 5.13. The molecule has 1 amide bonds. The predicted molar refractivity (Wildman–Crippen MR) is 98.8 cm³/mol. The number of fused-ring (bicyclic) bond motifs is 3. The molecule has 0 saturated heterocycles. The summed E-state index contributed by atoms with van der Waals surface area (Å²) in [5.41, 5.74) is 1.91. The van der Waals surface area contributed by atoms with Gasteiger partial charge in [0.15, 0.2) is 12.7 Å². The van der Waals surface area contributed by atoms with Gasteiger partial charge in [-0.3, -0.25) is 4.79 Å². The van der Waals surface area contributed by atoms with Crippen molar-refractivity contribution in [2.75, 3.05) is 13.2 Å². The van der Waals surface area contributed by atoms with Crippen molar-refractivity contribution in [2.45, 2.75) is 32.3 Å². The van der Waals surface area contributed by atoms with Crippen molar-refractivity contribution < 1.29 is 23.5 Å². The Bertz CT molecular complexity index is 945. The van der Waals surface area contributed by atoms with Crippen LogP contribution in [0.1, 0.15) is 24.5 Å². The molecule has 2 aromatic rings. The van der Waals surface area contributed by atoms with Crippen LogP contribution in [0.25, 0.3) is 11.0 Å². The maximum absolute atomic E-state index is 12.0. The highest BCUT2D eigenvalue weighted by atomic mass is 16.6. The average Bonchev–Trinajstić information content (AvgIpc) is 3.15. The van der Waals surface area contributed by atoms with E-state index in [4.69, 9.17) is 13.9 Å². The van der Waals surface area contributed by atoms with Crippen molar-refractivity contribution in [2.24, 2.45) is 0 Å². The van der Waals surface area contributed by atoms with Gasteiger partial charge in [0.05, 0.1) is 0 Å². The topological polar surface area (TPSA) is 94.8 Å². The zero-order valence-electron chi connectivity index (χ0n) is 15.1. The van der Waals surface area contributed by atoms with Gasteiger partial charge in [0.2, 0.25) is 0 Å². The Morgan fingerprint density at radius 1 is 1.33 bits per heavy atom. The maximum atomic E-state index is 12.0. The van der Waals surface area contributed by atoms with Gasteiger partial charge in [0.1, 0.15) is 11.3 Å². The van der Waals surface area contributed by atoms with E-state index in [0.717, 1.165) is 35.8 Å². The smallest absolute Gasteiger partial charge is 0.344 e. The van der Waals surface area contributed by atoms with Crippen molar-refractivity contribution in [1.29, 1.82) is 0 Å². The molecule has 1 atom stereocenters. The molecular formula is C20H21NO6. The molecule has 0 unspecified atom stereocenters. The molecule has 3 rings (SSSR count). The number of carbonyl (C=O) groups excluding carboxylic acids is 2. The van der Waals surface area contributed by atoms with E-state index in [-0.39, 0.29) is 12.2 Å². The fourth-order valence-corrected chi connectivity index (χ4v) is 3.10. The average molecular weight is 371 g/mol. The zero-order valence-corrected chi connectivity index (χ0v) is 15.1. The lowest BCUT2D eigenvalue weighted by atomic mass is 10.1. The van der Waals surface area contributed by atoms with Crippen LogP contribution in [0, 0.1) is 0 Å². The number of benzene rings is 1. The third-order valence-electron chi connectivity index (χ3n) is 4.40. The normalized spacial score (nSPS) is 13.7. The summed E-state index contributed by atoms with van der Waals surface area (Å²) < 4.78 is 15.8. The minimum Gasteiger partial charge on any atom is -0.482 e. The van der Waals surface area contributed by atoms with Crippen molar-refractivity contribution in [3.05, 3.63) is 52.4 Å². The second kappa shape index (κ2) is 8.07. The lowest BCUT2D eigenvalue weighted by Crippen LogP contribution is -2.36. The quantitative estimate of drug-likeness (QED) is 0.454. The van der Waals surface area contributed by atoms with Gasteiger partial charge in [-0.2, -0.15) is 0 Å². The number of ether oxygens (including phenoxy) is 2. The molecule has 1 aromatic heterocycles. The van der Waals surface area contributed by atoms with Crippen LogP contribution in [-0.2, 0) is 27.2 Å². The summed E-state index contributed by atoms with van der Waals surface area (Å²) in [4.78, 5) is 35.6. The minimum atomic E-state index is -0.932. The first kappa shape index (κ1) is 18.7. The van der Waals surface area contributed by atoms with Gasteiger partial charge in [-0.05, 0) is 43.9 Å². The molecule has 1 aliphatic carbocycles. The molecule has 1 N–H and O–H groups in total. The lowest BCUT2D eigenvalue weighted by molar-refractivity contribution is -0.156. The summed E-state index contributed by atoms with van der Waals surface area (Å²) in [5, 5.41) is 3.43. The van der Waals surface area contributed by atoms with Crippen LogP contribution in [0.5, 0.6) is 5.75 Å². The molecular weight excluding hydrogens is 350 g/mol. The number of rotatable bonds is 7. The molecule has 0 aliphatic heterocycles. The Balaban J connectivity index is 1.63. The van der Waals surface area contributed by atoms with Gasteiger partial charge in [0.25, 0.3) is 5.91 Å². The maximum Gasteiger partial charge on any atom is 0.344 e. The second-order valence-electron chi connectivity index (χ2n) is 6.31. The number of esters is 1. The first-order valence-electron chi connectivity index (χ1n) is 8.79. The van der Waals surface area contributed by atoms with Crippen LogP contribution in [0.3, 0.4) is 0 Å². The van der Waals surface area contributed by atoms with Crippen LogP contribution in [0.4, 0.5) is 0 Å². The van der Waals surface area contributed by atoms with Crippen molar-refractivity contribution in [1.82, 2.24) is 5.32 Å². The summed E-state index contributed by atoms with van der Waals surface area (Å²) in [7, 11) is 0. The molecule has 0 spiro atoms. The fraction of sp³-hybridized carbons (Fsp3) is 0.350. The standard InChI is InChI=1S/C20H21NO6/c1-3-9-21-19(23)12(2)26-18(22)11-25-13-7-8-15-14-5-4-6-16(14)20(24)27-17(15)10-13/h3,7-8,10,12H,1,4-6,9,11H2,2H3,(H,21,23)/t12-/m0/s1. The Kier molecular flexibility index (Phi) is 5.59. The molecule has 7 nitrogen and oxygen atoms in total. The van der Waals surface area contributed by atoms with Gasteiger partial charge < -0.3 is 19.2 Å². The Morgan fingerprint density at radius 2 is 2.11 bits per heavy atom. The molecule has 1 heterocycles. The molecule has 1 aromatic carbocycles. The zero-order chi connectivity index (χ0) is 19.4. The third kappa shape index (κ3) is 4.19. The first-order chi connectivity index (χ1) is 13.0. The predicted octanol–water partition coefficient (Wildman–Crippen LogP) is 1.89. The van der Waals surface area contributed by atoms with Crippen molar-refractivity contribution >= 4 is 22.8 Å². The molecule has 0 saturated carbocycles. The SMILES string of the molecule is C=CCNC(=O)[C@H](C)OC(=O)COc1ccc2c3c(c(=O)oc2c1)CCC3. The Labute approximate surface area is 155 Å². The highest BCUT2D eigenvalue weighted by Crippen LogP contribution is 2.29. The van der Waals surface area contributed by atoms with Crippen molar-refractivity contribution in [3.8, 4) is 5.75 Å². The number of aryl methyl sites for hydroxylation is 1. The lowest BCUT2D eigenvalue weighted by Gasteiger charge is -2.13. The fourth-order valence-electron chi connectivity index (χ4n) is 3.10. The molecule has 0 bridgehead atoms. The monoisotopic (exact) mass is 371 g/mol. The number of nitrogens with one attached hydrogen (secondary N) is 1. The van der Waals surface area contributed by atoms with E-state index < -0.39 is 18.0 Å². The third-order valence-corrected chi connectivity index (χ3v) is 4.40. The van der Waals surface area contributed by atoms with Gasteiger partial charge in [-0.25, -0.2) is 9.59 Å². The molecule has 7 heteroatoms. The second-order valence-corrected chi connectivity index (χ2v) is 6.31. The van der Waals surface area contributed by atoms with E-state index in [9.17, 15) is 14.4 Å². The number of carbonyl (C=O) groups is 2. The van der Waals surface area contributed by atoms with Crippen molar-refractivity contribution in [3.63, 3.8) is 0 Å². The van der Waals surface area contributed by atoms with E-state index in [2.05, 4.69) is 11.9 Å². The van der Waals surface area contributed by atoms with Gasteiger partial charge in [-0.1, -0.05) is 6.08 Å². The van der Waals surface area contributed by atoms with Crippen LogP contribution in [-0.4, -0.2) is 31.1 Å². The number of hydrogen-bond acceptors (Lipinski definition) is 6. The summed E-state index contributed by atoms with van der Waals surface area (Å²) in [6.07, 6.45) is 3.15. The van der Waals surface area contributed by atoms with Crippen LogP contribution < -0.4 is 15.7 Å². The van der Waals surface area contributed by atoms with Crippen LogP contribution in [0.2, 0.25) is 0 Å². The molecule has 0 fully saturated rings. The summed E-state index contributed by atoms with van der Waals surface area (Å²) >= 11 is 0. The molecule has 1 aliphatic rings. The van der Waals surface area contributed by atoms with Gasteiger partial charge >= 0.3 is 11.6 Å². The van der Waals surface area contributed by atoms with Gasteiger partial charge in [-0.15, -0.1) is 6.58 Å². The first-order valence-corrected chi connectivity index (χ1v) is 8.79. The van der Waals surface area contributed by atoms with Crippen LogP contribution in [0.15, 0.2) is 40.1 Å². The van der Waals surface area contributed by atoms with E-state index in [1.807, 2.05) is 6.07 Å². The summed E-state index contributed by atoms with van der Waals surface area (Å²) in [6.45, 7) is 4.90. The summed E-state index contributed by atoms with van der Waals surface area (Å²) in [5.74, 6) is -0.708. The Hall–Kier alpha value is -3.09. The van der Waals surface area contributed by atoms with Gasteiger partial charge in [0, 0.05) is 23.6 Å². The van der Waals surface area contributed by atoms with E-state index in [1.54, 1.807) is 12.1 Å². The van der Waals surface area contributed by atoms with E-state index in [1.165, 1.54) is 13.0 Å². The Morgan fingerprint density at radius 3 is 2.89 bits per heavy atom. The van der Waals surface area contributed by atoms with E-state index >= 15 is 0 Å². The van der Waals surface area contributed by atoms with Crippen LogP contribution >= 0.6 is 0 Å². The number of amides is 1. The molecule has 27 heavy (non-hydrogen) atoms. The highest BCUT2D eigenvalue weighted by molar-refractivity contribution is 5.84. The number of hydrogen-bond donors (Lipinski definition) is 1. The van der Waals surface area contributed by atoms with E-state index in [0.29, 0.717) is 17.9 Å². The molecule has 0 radical (unpaired) electrons. The minimum absolute atomic E-state index is 0.295.